The van der Waals surface area contributed by atoms with Crippen LogP contribution in [0.4, 0.5) is 0 Å². The maximum absolute atomic E-state index is 12.4. The van der Waals surface area contributed by atoms with Crippen molar-refractivity contribution in [3.63, 3.8) is 0 Å². The minimum absolute atomic E-state index is 0.0669. The Labute approximate surface area is 207 Å². The zero-order chi connectivity index (χ0) is 24.1. The fourth-order valence-electron chi connectivity index (χ4n) is 5.08. The van der Waals surface area contributed by atoms with Gasteiger partial charge < -0.3 is 9.84 Å². The summed E-state index contributed by atoms with van der Waals surface area (Å²) >= 11 is 1.65. The average molecular weight is 480 g/mol. The predicted molar refractivity (Wildman–Crippen MR) is 142 cm³/mol. The Kier molecular flexibility index (Phi) is 5.30. The van der Waals surface area contributed by atoms with E-state index in [2.05, 4.69) is 43.3 Å². The smallest absolute Gasteiger partial charge is 0.336 e. The second kappa shape index (κ2) is 8.51. The van der Waals surface area contributed by atoms with Crippen molar-refractivity contribution in [1.82, 2.24) is 4.98 Å². The number of aromatic nitrogens is 1. The molecule has 5 aromatic rings. The van der Waals surface area contributed by atoms with Crippen LogP contribution < -0.4 is 4.74 Å². The number of aromatic carboxylic acids is 1. The molecule has 1 N–H and O–H groups in total. The predicted octanol–water partition coefficient (Wildman–Crippen LogP) is 7.76. The Morgan fingerprint density at radius 2 is 1.74 bits per heavy atom. The Hall–Kier alpha value is -3.70. The van der Waals surface area contributed by atoms with Gasteiger partial charge in [0, 0.05) is 4.70 Å². The fraction of sp³-hybridized carbons (Fsp3) is 0.200. The van der Waals surface area contributed by atoms with Crippen LogP contribution in [0.2, 0.25) is 0 Å². The lowest BCUT2D eigenvalue weighted by molar-refractivity contribution is 0.0697. The molecule has 0 amide bonds. The molecule has 0 saturated heterocycles. The lowest BCUT2D eigenvalue weighted by Gasteiger charge is -2.36. The van der Waals surface area contributed by atoms with Crippen LogP contribution >= 0.6 is 11.3 Å². The molecule has 5 heteroatoms. The average Bonchev–Trinajstić information content (AvgIpc) is 3.19. The summed E-state index contributed by atoms with van der Waals surface area (Å²) in [7, 11) is 0. The Morgan fingerprint density at radius 3 is 2.49 bits per heavy atom. The van der Waals surface area contributed by atoms with E-state index in [0.717, 1.165) is 28.8 Å². The molecule has 0 bridgehead atoms. The van der Waals surface area contributed by atoms with E-state index in [1.165, 1.54) is 15.6 Å². The molecule has 1 fully saturated rings. The van der Waals surface area contributed by atoms with Gasteiger partial charge in [-0.2, -0.15) is 0 Å². The number of nitrogens with zero attached hydrogens (tertiary/aromatic N) is 1. The minimum atomic E-state index is -0.969. The van der Waals surface area contributed by atoms with E-state index in [4.69, 9.17) is 9.72 Å². The van der Waals surface area contributed by atoms with Crippen molar-refractivity contribution < 1.29 is 14.6 Å². The molecule has 0 atom stereocenters. The Bertz CT molecular complexity index is 1580. The van der Waals surface area contributed by atoms with Crippen LogP contribution in [-0.2, 0) is 0 Å². The van der Waals surface area contributed by atoms with Gasteiger partial charge in [-0.3, -0.25) is 0 Å². The van der Waals surface area contributed by atoms with Crippen LogP contribution in [0, 0.1) is 13.8 Å². The SMILES string of the molecule is Cc1c(-c2cc(C(=O)O)c3c(OC4CC(c5ccccc5)C4)ccc(C)c3n2)sc2ccccc12. The van der Waals surface area contributed by atoms with Crippen molar-refractivity contribution in [2.24, 2.45) is 0 Å². The summed E-state index contributed by atoms with van der Waals surface area (Å²) in [6, 6.07) is 24.3. The number of carboxylic acids is 1. The van der Waals surface area contributed by atoms with E-state index < -0.39 is 5.97 Å². The standard InChI is InChI=1S/C30H25NO3S/c1-17-12-13-25(34-21-14-20(15-21)19-8-4-3-5-9-19)27-23(30(32)33)16-24(31-28(17)27)29-18(2)22-10-6-7-11-26(22)35-29/h3-13,16,20-21H,14-15H2,1-2H3,(H,32,33). The van der Waals surface area contributed by atoms with Crippen LogP contribution in [0.15, 0.2) is 72.8 Å². The summed E-state index contributed by atoms with van der Waals surface area (Å²) in [5, 5.41) is 12.0. The summed E-state index contributed by atoms with van der Waals surface area (Å²) in [5.41, 5.74) is 5.01. The molecule has 1 saturated carbocycles. The molecular formula is C30H25NO3S. The topological polar surface area (TPSA) is 59.4 Å². The van der Waals surface area contributed by atoms with Crippen LogP contribution in [0.1, 0.15) is 45.8 Å². The quantitative estimate of drug-likeness (QED) is 0.280. The lowest BCUT2D eigenvalue weighted by Crippen LogP contribution is -2.32. The van der Waals surface area contributed by atoms with E-state index >= 15 is 0 Å². The first kappa shape index (κ1) is 21.8. The van der Waals surface area contributed by atoms with Gasteiger partial charge in [-0.25, -0.2) is 9.78 Å². The number of carbonyl (C=O) groups is 1. The van der Waals surface area contributed by atoms with Crippen molar-refractivity contribution in [1.29, 1.82) is 0 Å². The van der Waals surface area contributed by atoms with Crippen molar-refractivity contribution in [2.45, 2.75) is 38.7 Å². The van der Waals surface area contributed by atoms with Gasteiger partial charge >= 0.3 is 5.97 Å². The van der Waals surface area contributed by atoms with Gasteiger partial charge in [-0.05, 0) is 72.9 Å². The molecule has 0 aliphatic heterocycles. The van der Waals surface area contributed by atoms with E-state index in [9.17, 15) is 9.90 Å². The number of benzene rings is 3. The molecule has 174 valence electrons. The molecule has 2 aromatic heterocycles. The van der Waals surface area contributed by atoms with Crippen LogP contribution in [0.3, 0.4) is 0 Å². The minimum Gasteiger partial charge on any atom is -0.490 e. The summed E-state index contributed by atoms with van der Waals surface area (Å²) in [6.07, 6.45) is 1.92. The van der Waals surface area contributed by atoms with Crippen LogP contribution in [-0.4, -0.2) is 22.2 Å². The third-order valence-electron chi connectivity index (χ3n) is 7.09. The highest BCUT2D eigenvalue weighted by molar-refractivity contribution is 7.22. The third kappa shape index (κ3) is 3.76. The molecule has 1 aliphatic carbocycles. The third-order valence-corrected chi connectivity index (χ3v) is 8.39. The fourth-order valence-corrected chi connectivity index (χ4v) is 6.25. The zero-order valence-electron chi connectivity index (χ0n) is 19.6. The Balaban J connectivity index is 1.41. The maximum atomic E-state index is 12.4. The molecule has 1 aliphatic rings. The monoisotopic (exact) mass is 479 g/mol. The number of rotatable bonds is 5. The van der Waals surface area contributed by atoms with Gasteiger partial charge in [0.1, 0.15) is 5.75 Å². The second-order valence-corrected chi connectivity index (χ2v) is 10.4. The number of aryl methyl sites for hydroxylation is 2. The lowest BCUT2D eigenvalue weighted by atomic mass is 9.77. The molecule has 4 nitrogen and oxygen atoms in total. The molecule has 0 radical (unpaired) electrons. The highest BCUT2D eigenvalue weighted by Gasteiger charge is 2.33. The number of hydrogen-bond donors (Lipinski definition) is 1. The molecule has 3 aromatic carbocycles. The highest BCUT2D eigenvalue weighted by atomic mass is 32.1. The normalized spacial score (nSPS) is 17.4. The zero-order valence-corrected chi connectivity index (χ0v) is 20.4. The summed E-state index contributed by atoms with van der Waals surface area (Å²) in [5.74, 6) is 0.118. The molecule has 35 heavy (non-hydrogen) atoms. The molecular weight excluding hydrogens is 454 g/mol. The van der Waals surface area contributed by atoms with Gasteiger partial charge in [0.05, 0.1) is 33.1 Å². The summed E-state index contributed by atoms with van der Waals surface area (Å²) in [6.45, 7) is 4.05. The molecule has 0 spiro atoms. The van der Waals surface area contributed by atoms with E-state index in [1.807, 2.05) is 37.3 Å². The van der Waals surface area contributed by atoms with Crippen molar-refractivity contribution >= 4 is 38.3 Å². The molecule has 6 rings (SSSR count). The second-order valence-electron chi connectivity index (χ2n) is 9.34. The number of hydrogen-bond acceptors (Lipinski definition) is 4. The number of pyridine rings is 1. The first-order chi connectivity index (χ1) is 17.0. The Morgan fingerprint density at radius 1 is 1.00 bits per heavy atom. The van der Waals surface area contributed by atoms with E-state index in [1.54, 1.807) is 17.4 Å². The van der Waals surface area contributed by atoms with Gasteiger partial charge in [-0.15, -0.1) is 11.3 Å². The highest BCUT2D eigenvalue weighted by Crippen LogP contribution is 2.43. The maximum Gasteiger partial charge on any atom is 0.336 e. The van der Waals surface area contributed by atoms with Crippen molar-refractivity contribution in [3.8, 4) is 16.3 Å². The summed E-state index contributed by atoms with van der Waals surface area (Å²) < 4.78 is 7.55. The molecule has 2 heterocycles. The van der Waals surface area contributed by atoms with Crippen LogP contribution in [0.25, 0.3) is 31.6 Å². The van der Waals surface area contributed by atoms with Crippen molar-refractivity contribution in [3.05, 3.63) is 95.1 Å². The first-order valence-corrected chi connectivity index (χ1v) is 12.7. The number of fused-ring (bicyclic) bond motifs is 2. The number of ether oxygens (including phenoxy) is 1. The molecule has 0 unspecified atom stereocenters. The van der Waals surface area contributed by atoms with Crippen molar-refractivity contribution in [2.75, 3.05) is 0 Å². The first-order valence-electron chi connectivity index (χ1n) is 11.9. The van der Waals surface area contributed by atoms with Crippen LogP contribution in [0.5, 0.6) is 5.75 Å². The largest absolute Gasteiger partial charge is 0.490 e. The van der Waals surface area contributed by atoms with Gasteiger partial charge in [0.15, 0.2) is 0 Å². The van der Waals surface area contributed by atoms with Gasteiger partial charge in [-0.1, -0.05) is 54.6 Å². The number of carboxylic acid groups (broad SMARTS) is 1. The van der Waals surface area contributed by atoms with Gasteiger partial charge in [0.2, 0.25) is 0 Å². The van der Waals surface area contributed by atoms with Gasteiger partial charge in [0.25, 0.3) is 0 Å². The van der Waals surface area contributed by atoms with E-state index in [0.29, 0.717) is 28.3 Å². The van der Waals surface area contributed by atoms with E-state index in [-0.39, 0.29) is 11.7 Å². The number of thiophene rings is 1. The summed E-state index contributed by atoms with van der Waals surface area (Å²) in [4.78, 5) is 18.4.